The summed E-state index contributed by atoms with van der Waals surface area (Å²) < 4.78 is 0.536. The van der Waals surface area contributed by atoms with E-state index in [1.54, 1.807) is 18.2 Å². The van der Waals surface area contributed by atoms with E-state index in [9.17, 15) is 9.90 Å². The number of phenols is 1. The Morgan fingerprint density at radius 1 is 1.22 bits per heavy atom. The molecule has 0 spiro atoms. The molecule has 136 valence electrons. The Labute approximate surface area is 169 Å². The van der Waals surface area contributed by atoms with Gasteiger partial charge in [0.05, 0.1) is 10.7 Å². The van der Waals surface area contributed by atoms with Crippen molar-refractivity contribution in [1.29, 1.82) is 0 Å². The highest BCUT2D eigenvalue weighted by Gasteiger charge is 2.09. The van der Waals surface area contributed by atoms with Crippen LogP contribution < -0.4 is 5.43 Å². The SMILES string of the molecule is O=C(N/N=C/c1cc(Cc2ccccc2Cl)cc(Br)c1O)c1ccncc1. The number of aromatic hydroxyl groups is 1. The van der Waals surface area contributed by atoms with Gasteiger partial charge in [0.15, 0.2) is 0 Å². The van der Waals surface area contributed by atoms with Crippen molar-refractivity contribution in [3.63, 3.8) is 0 Å². The zero-order valence-corrected chi connectivity index (χ0v) is 16.4. The Kier molecular flexibility index (Phi) is 6.21. The smallest absolute Gasteiger partial charge is 0.271 e. The van der Waals surface area contributed by atoms with Gasteiger partial charge in [0.2, 0.25) is 0 Å². The first-order valence-electron chi connectivity index (χ1n) is 8.03. The van der Waals surface area contributed by atoms with Crippen molar-refractivity contribution in [2.75, 3.05) is 0 Å². The molecule has 3 aromatic rings. The maximum Gasteiger partial charge on any atom is 0.271 e. The van der Waals surface area contributed by atoms with Crippen LogP contribution in [0.15, 0.2) is 70.5 Å². The van der Waals surface area contributed by atoms with Gasteiger partial charge in [-0.15, -0.1) is 0 Å². The van der Waals surface area contributed by atoms with E-state index in [0.717, 1.165) is 11.1 Å². The molecule has 0 saturated carbocycles. The van der Waals surface area contributed by atoms with Crippen LogP contribution in [0.1, 0.15) is 27.0 Å². The molecule has 0 aliphatic carbocycles. The second-order valence-electron chi connectivity index (χ2n) is 5.72. The highest BCUT2D eigenvalue weighted by molar-refractivity contribution is 9.10. The number of phenolic OH excluding ortho intramolecular Hbond substituents is 1. The lowest BCUT2D eigenvalue weighted by Crippen LogP contribution is -2.17. The highest BCUT2D eigenvalue weighted by Crippen LogP contribution is 2.30. The number of amides is 1. The summed E-state index contributed by atoms with van der Waals surface area (Å²) in [5.41, 5.74) is 5.26. The molecule has 0 fully saturated rings. The summed E-state index contributed by atoms with van der Waals surface area (Å²) in [6.45, 7) is 0. The maximum atomic E-state index is 12.0. The van der Waals surface area contributed by atoms with Crippen LogP contribution in [-0.4, -0.2) is 22.2 Å². The minimum absolute atomic E-state index is 0.0415. The summed E-state index contributed by atoms with van der Waals surface area (Å²) >= 11 is 9.57. The highest BCUT2D eigenvalue weighted by atomic mass is 79.9. The van der Waals surface area contributed by atoms with Gasteiger partial charge in [0, 0.05) is 28.5 Å². The number of rotatable bonds is 5. The van der Waals surface area contributed by atoms with Gasteiger partial charge in [-0.1, -0.05) is 29.8 Å². The normalized spacial score (nSPS) is 10.9. The molecule has 2 N–H and O–H groups in total. The van der Waals surface area contributed by atoms with Gasteiger partial charge in [-0.05, 0) is 63.8 Å². The van der Waals surface area contributed by atoms with Crippen LogP contribution in [0.5, 0.6) is 5.75 Å². The number of aromatic nitrogens is 1. The van der Waals surface area contributed by atoms with Crippen molar-refractivity contribution in [2.24, 2.45) is 5.10 Å². The van der Waals surface area contributed by atoms with Gasteiger partial charge in [0.25, 0.3) is 5.91 Å². The molecule has 27 heavy (non-hydrogen) atoms. The predicted molar refractivity (Wildman–Crippen MR) is 109 cm³/mol. The van der Waals surface area contributed by atoms with E-state index in [4.69, 9.17) is 11.6 Å². The summed E-state index contributed by atoms with van der Waals surface area (Å²) in [4.78, 5) is 15.9. The third-order valence-electron chi connectivity index (χ3n) is 3.82. The third kappa shape index (κ3) is 4.93. The van der Waals surface area contributed by atoms with Crippen LogP contribution in [0.3, 0.4) is 0 Å². The average Bonchev–Trinajstić information content (AvgIpc) is 2.68. The standard InChI is InChI=1S/C20H15BrClN3O2/c21-17-11-13(9-15-3-1-2-4-18(15)22)10-16(19(17)26)12-24-25-20(27)14-5-7-23-8-6-14/h1-8,10-12,26H,9H2,(H,25,27)/b24-12+. The fourth-order valence-corrected chi connectivity index (χ4v) is 3.19. The van der Waals surface area contributed by atoms with Crippen LogP contribution in [0.25, 0.3) is 0 Å². The van der Waals surface area contributed by atoms with E-state index < -0.39 is 0 Å². The van der Waals surface area contributed by atoms with E-state index in [2.05, 4.69) is 31.4 Å². The molecule has 0 aliphatic heterocycles. The van der Waals surface area contributed by atoms with Crippen molar-refractivity contribution in [3.8, 4) is 5.75 Å². The van der Waals surface area contributed by atoms with Crippen LogP contribution in [-0.2, 0) is 6.42 Å². The lowest BCUT2D eigenvalue weighted by molar-refractivity contribution is 0.0955. The van der Waals surface area contributed by atoms with E-state index in [-0.39, 0.29) is 11.7 Å². The van der Waals surface area contributed by atoms with Crippen molar-refractivity contribution in [3.05, 3.63) is 92.7 Å². The van der Waals surface area contributed by atoms with Crippen molar-refractivity contribution < 1.29 is 9.90 Å². The van der Waals surface area contributed by atoms with Crippen LogP contribution in [0, 0.1) is 0 Å². The maximum absolute atomic E-state index is 12.0. The number of nitrogens with one attached hydrogen (secondary N) is 1. The Morgan fingerprint density at radius 3 is 2.70 bits per heavy atom. The molecule has 0 atom stereocenters. The summed E-state index contributed by atoms with van der Waals surface area (Å²) in [6.07, 6.45) is 5.05. The van der Waals surface area contributed by atoms with E-state index >= 15 is 0 Å². The Bertz CT molecular complexity index is 994. The number of pyridine rings is 1. The number of hydrogen-bond donors (Lipinski definition) is 2. The zero-order valence-electron chi connectivity index (χ0n) is 14.1. The molecular weight excluding hydrogens is 430 g/mol. The largest absolute Gasteiger partial charge is 0.506 e. The lowest BCUT2D eigenvalue weighted by atomic mass is 10.0. The van der Waals surface area contributed by atoms with E-state index in [1.807, 2.05) is 30.3 Å². The molecule has 5 nitrogen and oxygen atoms in total. The molecule has 3 rings (SSSR count). The van der Waals surface area contributed by atoms with Gasteiger partial charge in [0.1, 0.15) is 5.75 Å². The second kappa shape index (κ2) is 8.79. The second-order valence-corrected chi connectivity index (χ2v) is 6.98. The third-order valence-corrected chi connectivity index (χ3v) is 4.79. The summed E-state index contributed by atoms with van der Waals surface area (Å²) in [6, 6.07) is 14.4. The molecule has 1 amide bonds. The number of halogens is 2. The predicted octanol–water partition coefficient (Wildman–Crippen LogP) is 4.56. The minimum atomic E-state index is -0.362. The van der Waals surface area contributed by atoms with E-state index in [1.165, 1.54) is 18.6 Å². The Morgan fingerprint density at radius 2 is 1.96 bits per heavy atom. The number of hydrogen-bond acceptors (Lipinski definition) is 4. The molecule has 2 aromatic carbocycles. The van der Waals surface area contributed by atoms with Crippen LogP contribution in [0.4, 0.5) is 0 Å². The summed E-state index contributed by atoms with van der Waals surface area (Å²) in [5.74, 6) is -0.320. The molecule has 0 radical (unpaired) electrons. The molecule has 1 aromatic heterocycles. The molecule has 0 aliphatic rings. The quantitative estimate of drug-likeness (QED) is 0.447. The van der Waals surface area contributed by atoms with Gasteiger partial charge >= 0.3 is 0 Å². The molecule has 7 heteroatoms. The van der Waals surface area contributed by atoms with Crippen molar-refractivity contribution >= 4 is 39.7 Å². The van der Waals surface area contributed by atoms with Crippen molar-refractivity contribution in [2.45, 2.75) is 6.42 Å². The molecule has 0 bridgehead atoms. The molecule has 0 saturated heterocycles. The fourth-order valence-electron chi connectivity index (χ4n) is 2.47. The molecule has 0 unspecified atom stereocenters. The van der Waals surface area contributed by atoms with Gasteiger partial charge in [-0.2, -0.15) is 5.10 Å². The van der Waals surface area contributed by atoms with Gasteiger partial charge in [-0.25, -0.2) is 5.43 Å². The number of nitrogens with zero attached hydrogens (tertiary/aromatic N) is 2. The van der Waals surface area contributed by atoms with Gasteiger partial charge < -0.3 is 5.11 Å². The number of hydrazone groups is 1. The monoisotopic (exact) mass is 443 g/mol. The summed E-state index contributed by atoms with van der Waals surface area (Å²) in [5, 5.41) is 14.9. The van der Waals surface area contributed by atoms with Crippen LogP contribution in [0.2, 0.25) is 5.02 Å². The van der Waals surface area contributed by atoms with Gasteiger partial charge in [-0.3, -0.25) is 9.78 Å². The Balaban J connectivity index is 1.78. The number of carbonyl (C=O) groups excluding carboxylic acids is 1. The number of carbonyl (C=O) groups is 1. The first-order chi connectivity index (χ1) is 13.0. The average molecular weight is 445 g/mol. The van der Waals surface area contributed by atoms with Crippen molar-refractivity contribution in [1.82, 2.24) is 10.4 Å². The molecular formula is C20H15BrClN3O2. The first kappa shape index (κ1) is 19.1. The number of benzene rings is 2. The molecule has 1 heterocycles. The topological polar surface area (TPSA) is 74.6 Å². The summed E-state index contributed by atoms with van der Waals surface area (Å²) in [7, 11) is 0. The zero-order chi connectivity index (χ0) is 19.2. The minimum Gasteiger partial charge on any atom is -0.506 e. The van der Waals surface area contributed by atoms with E-state index in [0.29, 0.717) is 27.0 Å². The fraction of sp³-hybridized carbons (Fsp3) is 0.0500. The van der Waals surface area contributed by atoms with Crippen LogP contribution >= 0.6 is 27.5 Å². The Hall–Kier alpha value is -2.70. The first-order valence-corrected chi connectivity index (χ1v) is 9.20. The lowest BCUT2D eigenvalue weighted by Gasteiger charge is -2.09.